The Labute approximate surface area is 150 Å². The van der Waals surface area contributed by atoms with Gasteiger partial charge < -0.3 is 9.80 Å². The van der Waals surface area contributed by atoms with Crippen molar-refractivity contribution in [2.24, 2.45) is 0 Å². The number of thiophene rings is 1. The highest BCUT2D eigenvalue weighted by molar-refractivity contribution is 7.16. The van der Waals surface area contributed by atoms with Crippen LogP contribution in [0.4, 0.5) is 11.8 Å². The molecule has 0 amide bonds. The molecule has 3 aromatic heterocycles. The Morgan fingerprint density at radius 1 is 0.920 bits per heavy atom. The van der Waals surface area contributed by atoms with Crippen LogP contribution in [0.1, 0.15) is 0 Å². The zero-order valence-corrected chi connectivity index (χ0v) is 14.6. The van der Waals surface area contributed by atoms with E-state index in [2.05, 4.69) is 46.1 Å². The number of hydrogen-bond donors (Lipinski definition) is 0. The van der Waals surface area contributed by atoms with E-state index in [1.165, 1.54) is 5.39 Å². The number of fused-ring (bicyclic) bond motifs is 1. The van der Waals surface area contributed by atoms with Gasteiger partial charge in [-0.05, 0) is 17.5 Å². The first kappa shape index (κ1) is 15.0. The highest BCUT2D eigenvalue weighted by Crippen LogP contribution is 2.30. The number of rotatable bonds is 3. The predicted molar refractivity (Wildman–Crippen MR) is 99.2 cm³/mol. The lowest BCUT2D eigenvalue weighted by Crippen LogP contribution is -2.63. The Morgan fingerprint density at radius 2 is 1.72 bits per heavy atom. The molecule has 3 aromatic rings. The minimum Gasteiger partial charge on any atom is -0.353 e. The molecule has 0 aromatic carbocycles. The summed E-state index contributed by atoms with van der Waals surface area (Å²) in [6.45, 7) is 6.20. The van der Waals surface area contributed by atoms with E-state index < -0.39 is 0 Å². The zero-order valence-electron chi connectivity index (χ0n) is 13.8. The number of hydrogen-bond acceptors (Lipinski definition) is 8. The maximum absolute atomic E-state index is 4.51. The molecule has 128 valence electrons. The predicted octanol–water partition coefficient (Wildman–Crippen LogP) is 1.49. The summed E-state index contributed by atoms with van der Waals surface area (Å²) in [7, 11) is 0. The standard InChI is InChI=1S/C17H19N7S/c1-3-18-17(19-4-1)23-7-5-22(6-8-23)13-10-24(11-13)15-14-2-9-25-16(14)21-12-20-15/h1-4,9,12-13H,5-8,10-11H2. The van der Waals surface area contributed by atoms with Crippen LogP contribution < -0.4 is 9.80 Å². The molecule has 0 N–H and O–H groups in total. The van der Waals surface area contributed by atoms with Crippen molar-refractivity contribution in [3.63, 3.8) is 0 Å². The van der Waals surface area contributed by atoms with Gasteiger partial charge in [0.05, 0.1) is 5.39 Å². The summed E-state index contributed by atoms with van der Waals surface area (Å²) in [5, 5.41) is 3.27. The largest absolute Gasteiger partial charge is 0.353 e. The first-order valence-corrected chi connectivity index (χ1v) is 9.45. The molecule has 2 saturated heterocycles. The van der Waals surface area contributed by atoms with Gasteiger partial charge in [0.2, 0.25) is 5.95 Å². The maximum atomic E-state index is 4.51. The van der Waals surface area contributed by atoms with Gasteiger partial charge in [0.1, 0.15) is 17.0 Å². The quantitative estimate of drug-likeness (QED) is 0.707. The summed E-state index contributed by atoms with van der Waals surface area (Å²) in [6.07, 6.45) is 5.30. The average Bonchev–Trinajstić information content (AvgIpc) is 3.11. The minimum atomic E-state index is 0.613. The molecule has 5 heterocycles. The van der Waals surface area contributed by atoms with Gasteiger partial charge >= 0.3 is 0 Å². The molecular weight excluding hydrogens is 334 g/mol. The molecule has 2 aliphatic heterocycles. The summed E-state index contributed by atoms with van der Waals surface area (Å²) in [6, 6.07) is 4.60. The van der Waals surface area contributed by atoms with E-state index in [1.807, 2.05) is 18.5 Å². The molecule has 0 bridgehead atoms. The van der Waals surface area contributed by atoms with Crippen LogP contribution in [0.5, 0.6) is 0 Å². The van der Waals surface area contributed by atoms with E-state index in [-0.39, 0.29) is 0 Å². The van der Waals surface area contributed by atoms with E-state index in [4.69, 9.17) is 0 Å². The molecule has 25 heavy (non-hydrogen) atoms. The van der Waals surface area contributed by atoms with Crippen LogP contribution in [-0.4, -0.2) is 70.1 Å². The van der Waals surface area contributed by atoms with Crippen LogP contribution in [0, 0.1) is 0 Å². The summed E-state index contributed by atoms with van der Waals surface area (Å²) in [5.74, 6) is 1.93. The second-order valence-corrected chi connectivity index (χ2v) is 7.36. The molecule has 2 aliphatic rings. The van der Waals surface area contributed by atoms with Crippen LogP contribution in [0.15, 0.2) is 36.2 Å². The van der Waals surface area contributed by atoms with Gasteiger partial charge in [-0.15, -0.1) is 11.3 Å². The lowest BCUT2D eigenvalue weighted by atomic mass is 10.1. The van der Waals surface area contributed by atoms with Crippen molar-refractivity contribution in [1.29, 1.82) is 0 Å². The molecule has 8 heteroatoms. The summed E-state index contributed by atoms with van der Waals surface area (Å²) in [5.41, 5.74) is 0. The second kappa shape index (κ2) is 6.20. The normalized spacial score (nSPS) is 19.4. The Kier molecular flexibility index (Phi) is 3.71. The number of piperazine rings is 1. The molecule has 0 saturated carbocycles. The topological polar surface area (TPSA) is 61.3 Å². The van der Waals surface area contributed by atoms with E-state index >= 15 is 0 Å². The summed E-state index contributed by atoms with van der Waals surface area (Å²) in [4.78, 5) is 25.9. The molecule has 0 aliphatic carbocycles. The average molecular weight is 353 g/mol. The molecule has 2 fully saturated rings. The Balaban J connectivity index is 1.20. The lowest BCUT2D eigenvalue weighted by molar-refractivity contribution is 0.156. The summed E-state index contributed by atoms with van der Waals surface area (Å²) >= 11 is 1.67. The van der Waals surface area contributed by atoms with Crippen LogP contribution in [0.25, 0.3) is 10.2 Å². The van der Waals surface area contributed by atoms with Crippen LogP contribution in [-0.2, 0) is 0 Å². The van der Waals surface area contributed by atoms with E-state index in [9.17, 15) is 0 Å². The van der Waals surface area contributed by atoms with Gasteiger partial charge in [0.25, 0.3) is 0 Å². The maximum Gasteiger partial charge on any atom is 0.225 e. The highest BCUT2D eigenvalue weighted by Gasteiger charge is 2.35. The first-order valence-electron chi connectivity index (χ1n) is 8.57. The zero-order chi connectivity index (χ0) is 16.6. The van der Waals surface area contributed by atoms with Crippen molar-refractivity contribution in [1.82, 2.24) is 24.8 Å². The Bertz CT molecular complexity index is 854. The van der Waals surface area contributed by atoms with Crippen LogP contribution in [0.2, 0.25) is 0 Å². The van der Waals surface area contributed by atoms with E-state index in [0.717, 1.165) is 55.9 Å². The van der Waals surface area contributed by atoms with Crippen molar-refractivity contribution in [3.8, 4) is 0 Å². The van der Waals surface area contributed by atoms with Crippen LogP contribution in [0.3, 0.4) is 0 Å². The van der Waals surface area contributed by atoms with Crippen molar-refractivity contribution in [2.45, 2.75) is 6.04 Å². The molecule has 7 nitrogen and oxygen atoms in total. The third-order valence-electron chi connectivity index (χ3n) is 5.07. The van der Waals surface area contributed by atoms with Gasteiger partial charge in [0, 0.05) is 57.7 Å². The van der Waals surface area contributed by atoms with E-state index in [0.29, 0.717) is 6.04 Å². The number of aromatic nitrogens is 4. The van der Waals surface area contributed by atoms with Crippen LogP contribution >= 0.6 is 11.3 Å². The third kappa shape index (κ3) is 2.71. The monoisotopic (exact) mass is 353 g/mol. The SMILES string of the molecule is c1cnc(N2CCN(C3CN(c4ncnc5sccc45)C3)CC2)nc1. The molecule has 5 rings (SSSR count). The van der Waals surface area contributed by atoms with Gasteiger partial charge in [-0.25, -0.2) is 19.9 Å². The van der Waals surface area contributed by atoms with Gasteiger partial charge in [-0.2, -0.15) is 0 Å². The number of anilines is 2. The Morgan fingerprint density at radius 3 is 2.52 bits per heavy atom. The third-order valence-corrected chi connectivity index (χ3v) is 5.89. The van der Waals surface area contributed by atoms with Gasteiger partial charge in [-0.3, -0.25) is 4.90 Å². The molecule has 0 radical (unpaired) electrons. The fourth-order valence-electron chi connectivity index (χ4n) is 3.63. The van der Waals surface area contributed by atoms with Gasteiger partial charge in [-0.1, -0.05) is 0 Å². The fraction of sp³-hybridized carbons (Fsp3) is 0.412. The minimum absolute atomic E-state index is 0.613. The molecular formula is C17H19N7S. The molecule has 0 atom stereocenters. The smallest absolute Gasteiger partial charge is 0.225 e. The van der Waals surface area contributed by atoms with Crippen molar-refractivity contribution in [2.75, 3.05) is 49.1 Å². The van der Waals surface area contributed by atoms with Crippen molar-refractivity contribution in [3.05, 3.63) is 36.2 Å². The highest BCUT2D eigenvalue weighted by atomic mass is 32.1. The van der Waals surface area contributed by atoms with Gasteiger partial charge in [0.15, 0.2) is 0 Å². The lowest BCUT2D eigenvalue weighted by Gasteiger charge is -2.48. The first-order chi connectivity index (χ1) is 12.4. The molecule has 0 unspecified atom stereocenters. The molecule has 0 spiro atoms. The number of nitrogens with zero attached hydrogens (tertiary/aromatic N) is 7. The Hall–Kier alpha value is -2.32. The fourth-order valence-corrected chi connectivity index (χ4v) is 4.36. The van der Waals surface area contributed by atoms with Crippen molar-refractivity contribution < 1.29 is 0 Å². The van der Waals surface area contributed by atoms with Crippen molar-refractivity contribution >= 4 is 33.3 Å². The summed E-state index contributed by atoms with van der Waals surface area (Å²) < 4.78 is 0. The van der Waals surface area contributed by atoms with E-state index in [1.54, 1.807) is 17.7 Å². The second-order valence-electron chi connectivity index (χ2n) is 6.47.